The molecule has 0 radical (unpaired) electrons. The van der Waals surface area contributed by atoms with Gasteiger partial charge in [-0.3, -0.25) is 0 Å². The minimum Gasteiger partial charge on any atom is -0.492 e. The molecule has 1 aliphatic rings. The van der Waals surface area contributed by atoms with Crippen LogP contribution in [0.2, 0.25) is 5.02 Å². The molecule has 4 heteroatoms. The zero-order chi connectivity index (χ0) is 12.1. The minimum absolute atomic E-state index is 0. The summed E-state index contributed by atoms with van der Waals surface area (Å²) in [4.78, 5) is 0. The maximum atomic E-state index is 6.11. The predicted octanol–water partition coefficient (Wildman–Crippen LogP) is 3.98. The lowest BCUT2D eigenvalue weighted by Crippen LogP contribution is -2.35. The van der Waals surface area contributed by atoms with E-state index >= 15 is 0 Å². The molecule has 2 nitrogen and oxygen atoms in total. The quantitative estimate of drug-likeness (QED) is 0.905. The average Bonchev–Trinajstić information content (AvgIpc) is 2.33. The Morgan fingerprint density at radius 2 is 2.22 bits per heavy atom. The number of aryl methyl sites for hydroxylation is 1. The fourth-order valence-corrected chi connectivity index (χ4v) is 2.49. The van der Waals surface area contributed by atoms with Gasteiger partial charge >= 0.3 is 0 Å². The van der Waals surface area contributed by atoms with Crippen molar-refractivity contribution in [2.45, 2.75) is 38.6 Å². The van der Waals surface area contributed by atoms with Gasteiger partial charge in [-0.25, -0.2) is 0 Å². The topological polar surface area (TPSA) is 21.3 Å². The van der Waals surface area contributed by atoms with Gasteiger partial charge in [0.15, 0.2) is 0 Å². The first-order chi connectivity index (χ1) is 8.25. The third-order valence-electron chi connectivity index (χ3n) is 3.22. The Hall–Kier alpha value is -0.440. The van der Waals surface area contributed by atoms with E-state index in [4.69, 9.17) is 16.3 Å². The van der Waals surface area contributed by atoms with Gasteiger partial charge in [-0.1, -0.05) is 24.1 Å². The maximum absolute atomic E-state index is 6.11. The van der Waals surface area contributed by atoms with Gasteiger partial charge in [0.05, 0.1) is 11.6 Å². The Balaban J connectivity index is 0.00000162. The summed E-state index contributed by atoms with van der Waals surface area (Å²) in [7, 11) is 0. The van der Waals surface area contributed by atoms with Crippen molar-refractivity contribution in [3.63, 3.8) is 0 Å². The molecule has 1 aromatic carbocycles. The summed E-state index contributed by atoms with van der Waals surface area (Å²) in [6.07, 6.45) is 4.97. The molecule has 0 amide bonds. The van der Waals surface area contributed by atoms with Gasteiger partial charge < -0.3 is 10.1 Å². The lowest BCUT2D eigenvalue weighted by molar-refractivity contribution is 0.268. The number of hydrogen-bond donors (Lipinski definition) is 1. The molecule has 1 unspecified atom stereocenters. The van der Waals surface area contributed by atoms with E-state index in [1.807, 2.05) is 25.1 Å². The van der Waals surface area contributed by atoms with Crippen LogP contribution in [0.3, 0.4) is 0 Å². The van der Waals surface area contributed by atoms with E-state index in [0.717, 1.165) is 30.9 Å². The molecular formula is C14H21Cl2NO. The Morgan fingerprint density at radius 3 is 2.89 bits per heavy atom. The van der Waals surface area contributed by atoms with Crippen LogP contribution in [0.25, 0.3) is 0 Å². The number of rotatable bonds is 4. The molecule has 0 saturated carbocycles. The molecule has 0 spiro atoms. The molecular weight excluding hydrogens is 269 g/mol. The highest BCUT2D eigenvalue weighted by Crippen LogP contribution is 2.25. The number of ether oxygens (including phenoxy) is 1. The zero-order valence-electron chi connectivity index (χ0n) is 10.7. The SMILES string of the molecule is Cc1ccc(OCCC2CCCCN2)c(Cl)c1.Cl. The Kier molecular flexibility index (Phi) is 6.83. The van der Waals surface area contributed by atoms with Gasteiger partial charge in [-0.2, -0.15) is 0 Å². The minimum atomic E-state index is 0. The smallest absolute Gasteiger partial charge is 0.137 e. The summed E-state index contributed by atoms with van der Waals surface area (Å²) >= 11 is 6.11. The molecule has 1 heterocycles. The van der Waals surface area contributed by atoms with E-state index in [-0.39, 0.29) is 12.4 Å². The third-order valence-corrected chi connectivity index (χ3v) is 3.52. The normalized spacial score (nSPS) is 19.1. The van der Waals surface area contributed by atoms with Crippen molar-refractivity contribution >= 4 is 24.0 Å². The van der Waals surface area contributed by atoms with Crippen molar-refractivity contribution in [1.82, 2.24) is 5.32 Å². The summed E-state index contributed by atoms with van der Waals surface area (Å²) < 4.78 is 5.72. The van der Waals surface area contributed by atoms with Crippen molar-refractivity contribution in [1.29, 1.82) is 0 Å². The van der Waals surface area contributed by atoms with Crippen molar-refractivity contribution in [2.75, 3.05) is 13.2 Å². The maximum Gasteiger partial charge on any atom is 0.137 e. The first kappa shape index (κ1) is 15.6. The Labute approximate surface area is 120 Å². The molecule has 18 heavy (non-hydrogen) atoms. The van der Waals surface area contributed by atoms with E-state index in [1.54, 1.807) is 0 Å². The molecule has 102 valence electrons. The van der Waals surface area contributed by atoms with Crippen LogP contribution in [0.5, 0.6) is 5.75 Å². The summed E-state index contributed by atoms with van der Waals surface area (Å²) in [5, 5.41) is 4.23. The molecule has 1 aliphatic heterocycles. The fraction of sp³-hybridized carbons (Fsp3) is 0.571. The highest BCUT2D eigenvalue weighted by Gasteiger charge is 2.12. The van der Waals surface area contributed by atoms with Gasteiger partial charge in [0.1, 0.15) is 5.75 Å². The summed E-state index contributed by atoms with van der Waals surface area (Å²) in [5.74, 6) is 0.799. The average molecular weight is 290 g/mol. The van der Waals surface area contributed by atoms with Gasteiger partial charge in [-0.15, -0.1) is 12.4 Å². The summed E-state index contributed by atoms with van der Waals surface area (Å²) in [5.41, 5.74) is 1.16. The van der Waals surface area contributed by atoms with Gasteiger partial charge in [0.2, 0.25) is 0 Å². The van der Waals surface area contributed by atoms with Crippen molar-refractivity contribution in [3.05, 3.63) is 28.8 Å². The molecule has 0 aromatic heterocycles. The molecule has 1 fully saturated rings. The second kappa shape index (κ2) is 7.88. The van der Waals surface area contributed by atoms with Gasteiger partial charge in [0, 0.05) is 6.04 Å². The van der Waals surface area contributed by atoms with E-state index in [9.17, 15) is 0 Å². The Morgan fingerprint density at radius 1 is 1.39 bits per heavy atom. The van der Waals surface area contributed by atoms with Crippen LogP contribution in [0.15, 0.2) is 18.2 Å². The molecule has 1 saturated heterocycles. The van der Waals surface area contributed by atoms with Crippen LogP contribution >= 0.6 is 24.0 Å². The highest BCUT2D eigenvalue weighted by atomic mass is 35.5. The fourth-order valence-electron chi connectivity index (χ4n) is 2.20. The van der Waals surface area contributed by atoms with E-state index in [2.05, 4.69) is 5.32 Å². The first-order valence-electron chi connectivity index (χ1n) is 6.38. The Bertz CT molecular complexity index is 365. The standard InChI is InChI=1S/C14H20ClNO.ClH/c1-11-5-6-14(13(15)10-11)17-9-7-12-4-2-3-8-16-12;/h5-6,10,12,16H,2-4,7-9H2,1H3;1H. The monoisotopic (exact) mass is 289 g/mol. The second-order valence-electron chi connectivity index (χ2n) is 4.72. The number of benzene rings is 1. The molecule has 1 aromatic rings. The highest BCUT2D eigenvalue weighted by molar-refractivity contribution is 6.32. The van der Waals surface area contributed by atoms with Crippen LogP contribution in [0.4, 0.5) is 0 Å². The van der Waals surface area contributed by atoms with Crippen LogP contribution in [-0.2, 0) is 0 Å². The molecule has 0 bridgehead atoms. The van der Waals surface area contributed by atoms with Crippen LogP contribution in [0, 0.1) is 6.92 Å². The molecule has 2 rings (SSSR count). The number of piperidine rings is 1. The van der Waals surface area contributed by atoms with E-state index in [0.29, 0.717) is 11.1 Å². The molecule has 0 aliphatic carbocycles. The predicted molar refractivity (Wildman–Crippen MR) is 79.2 cm³/mol. The van der Waals surface area contributed by atoms with Crippen molar-refractivity contribution in [3.8, 4) is 5.75 Å². The third kappa shape index (κ3) is 4.68. The molecule has 1 atom stereocenters. The summed E-state index contributed by atoms with van der Waals surface area (Å²) in [6.45, 7) is 3.91. The van der Waals surface area contributed by atoms with E-state index < -0.39 is 0 Å². The van der Waals surface area contributed by atoms with Crippen molar-refractivity contribution in [2.24, 2.45) is 0 Å². The first-order valence-corrected chi connectivity index (χ1v) is 6.76. The molecule has 1 N–H and O–H groups in total. The number of hydrogen-bond acceptors (Lipinski definition) is 2. The summed E-state index contributed by atoms with van der Waals surface area (Å²) in [6, 6.07) is 6.54. The number of nitrogens with one attached hydrogen (secondary N) is 1. The zero-order valence-corrected chi connectivity index (χ0v) is 12.3. The van der Waals surface area contributed by atoms with Gasteiger partial charge in [-0.05, 0) is 50.4 Å². The van der Waals surface area contributed by atoms with Crippen LogP contribution < -0.4 is 10.1 Å². The van der Waals surface area contributed by atoms with Crippen molar-refractivity contribution < 1.29 is 4.74 Å². The van der Waals surface area contributed by atoms with Crippen LogP contribution in [0.1, 0.15) is 31.2 Å². The van der Waals surface area contributed by atoms with E-state index in [1.165, 1.54) is 19.3 Å². The van der Waals surface area contributed by atoms with Crippen LogP contribution in [-0.4, -0.2) is 19.2 Å². The second-order valence-corrected chi connectivity index (χ2v) is 5.13. The lowest BCUT2D eigenvalue weighted by atomic mass is 10.0. The van der Waals surface area contributed by atoms with Gasteiger partial charge in [0.25, 0.3) is 0 Å². The largest absolute Gasteiger partial charge is 0.492 e. The lowest BCUT2D eigenvalue weighted by Gasteiger charge is -2.23. The number of halogens is 2.